The van der Waals surface area contributed by atoms with Crippen LogP contribution in [0.15, 0.2) is 70.4 Å². The zero-order chi connectivity index (χ0) is 17.8. The molecule has 0 aliphatic heterocycles. The van der Waals surface area contributed by atoms with Crippen molar-refractivity contribution in [1.29, 1.82) is 0 Å². The molecule has 2 aromatic heterocycles. The highest BCUT2D eigenvalue weighted by Gasteiger charge is 2.07. The Balaban J connectivity index is 1.77. The topological polar surface area (TPSA) is 92.2 Å². The lowest BCUT2D eigenvalue weighted by Crippen LogP contribution is -2.18. The van der Waals surface area contributed by atoms with E-state index >= 15 is 0 Å². The van der Waals surface area contributed by atoms with E-state index in [2.05, 4.69) is 4.98 Å². The number of aromatic amines is 1. The van der Waals surface area contributed by atoms with Gasteiger partial charge in [-0.2, -0.15) is 0 Å². The van der Waals surface area contributed by atoms with Crippen LogP contribution in [0.4, 0.5) is 0 Å². The summed E-state index contributed by atoms with van der Waals surface area (Å²) in [5, 5.41) is 9.00. The molecule has 0 radical (unpaired) electrons. The molecule has 1 aromatic carbocycles. The van der Waals surface area contributed by atoms with Crippen molar-refractivity contribution >= 4 is 5.97 Å². The number of pyridine rings is 2. The summed E-state index contributed by atoms with van der Waals surface area (Å²) in [6.07, 6.45) is 2.19. The van der Waals surface area contributed by atoms with Crippen LogP contribution in [0.25, 0.3) is 0 Å². The van der Waals surface area contributed by atoms with Crippen LogP contribution in [0, 0.1) is 0 Å². The molecule has 0 aliphatic rings. The van der Waals surface area contributed by atoms with E-state index in [1.54, 1.807) is 16.8 Å². The first-order chi connectivity index (χ1) is 12.0. The Morgan fingerprint density at radius 3 is 2.36 bits per heavy atom. The Kier molecular flexibility index (Phi) is 4.61. The van der Waals surface area contributed by atoms with Crippen LogP contribution in [0.2, 0.25) is 0 Å². The van der Waals surface area contributed by atoms with Crippen LogP contribution in [-0.2, 0) is 13.0 Å². The summed E-state index contributed by atoms with van der Waals surface area (Å²) in [5.41, 5.74) is 1.95. The molecule has 0 fully saturated rings. The van der Waals surface area contributed by atoms with Gasteiger partial charge < -0.3 is 14.7 Å². The van der Waals surface area contributed by atoms with Crippen LogP contribution in [-0.4, -0.2) is 20.6 Å². The lowest BCUT2D eigenvalue weighted by atomic mass is 10.0. The van der Waals surface area contributed by atoms with Crippen LogP contribution in [0.3, 0.4) is 0 Å². The maximum Gasteiger partial charge on any atom is 0.352 e. The molecule has 0 bridgehead atoms. The Morgan fingerprint density at radius 2 is 1.68 bits per heavy atom. The van der Waals surface area contributed by atoms with Crippen molar-refractivity contribution in [2.75, 3.05) is 0 Å². The average Bonchev–Trinajstić information content (AvgIpc) is 2.58. The number of rotatable bonds is 5. The maximum atomic E-state index is 11.7. The predicted molar refractivity (Wildman–Crippen MR) is 93.1 cm³/mol. The van der Waals surface area contributed by atoms with Gasteiger partial charge in [0.2, 0.25) is 5.56 Å². The SMILES string of the molecule is O=C(O)c1cc(Cc2ccc(Cn3ccccc3=O)cc2)cc(=O)[nH]1. The zero-order valence-corrected chi connectivity index (χ0v) is 13.3. The molecule has 0 atom stereocenters. The smallest absolute Gasteiger partial charge is 0.352 e. The van der Waals surface area contributed by atoms with Gasteiger partial charge in [-0.15, -0.1) is 0 Å². The maximum absolute atomic E-state index is 11.7. The quantitative estimate of drug-likeness (QED) is 0.744. The summed E-state index contributed by atoms with van der Waals surface area (Å²) in [7, 11) is 0. The third-order valence-electron chi connectivity index (χ3n) is 3.82. The minimum Gasteiger partial charge on any atom is -0.477 e. The van der Waals surface area contributed by atoms with Gasteiger partial charge in [0, 0.05) is 18.3 Å². The second-order valence-electron chi connectivity index (χ2n) is 5.73. The van der Waals surface area contributed by atoms with Crippen molar-refractivity contribution in [3.63, 3.8) is 0 Å². The van der Waals surface area contributed by atoms with E-state index < -0.39 is 11.5 Å². The van der Waals surface area contributed by atoms with E-state index in [1.165, 1.54) is 18.2 Å². The van der Waals surface area contributed by atoms with Crippen molar-refractivity contribution in [2.24, 2.45) is 0 Å². The molecule has 126 valence electrons. The highest BCUT2D eigenvalue weighted by atomic mass is 16.4. The zero-order valence-electron chi connectivity index (χ0n) is 13.3. The van der Waals surface area contributed by atoms with Gasteiger partial charge in [-0.05, 0) is 35.2 Å². The Bertz CT molecular complexity index is 1020. The number of aromatic carboxylic acids is 1. The summed E-state index contributed by atoms with van der Waals surface area (Å²) >= 11 is 0. The molecule has 6 nitrogen and oxygen atoms in total. The number of nitrogens with zero attached hydrogens (tertiary/aromatic N) is 1. The van der Waals surface area contributed by atoms with E-state index in [-0.39, 0.29) is 11.3 Å². The molecule has 0 unspecified atom stereocenters. The Labute approximate surface area is 143 Å². The number of nitrogens with one attached hydrogen (secondary N) is 1. The summed E-state index contributed by atoms with van der Waals surface area (Å²) in [6.45, 7) is 0.480. The summed E-state index contributed by atoms with van der Waals surface area (Å²) < 4.78 is 1.62. The van der Waals surface area contributed by atoms with E-state index in [0.29, 0.717) is 18.5 Å². The minimum absolute atomic E-state index is 0.0590. The fourth-order valence-electron chi connectivity index (χ4n) is 2.60. The standard InChI is InChI=1S/C19H16N2O4/c22-17-11-15(10-16(20-17)19(24)25)9-13-4-6-14(7-5-13)12-21-8-2-1-3-18(21)23/h1-8,10-11H,9,12H2,(H,20,22)(H,24,25). The number of hydrogen-bond acceptors (Lipinski definition) is 3. The number of carboxylic acids is 1. The van der Waals surface area contributed by atoms with Gasteiger partial charge in [0.05, 0.1) is 6.54 Å². The monoisotopic (exact) mass is 336 g/mol. The van der Waals surface area contributed by atoms with Crippen molar-refractivity contribution in [3.8, 4) is 0 Å². The molecule has 0 spiro atoms. The highest BCUT2D eigenvalue weighted by Crippen LogP contribution is 2.11. The number of benzene rings is 1. The van der Waals surface area contributed by atoms with Crippen LogP contribution >= 0.6 is 0 Å². The third kappa shape index (κ3) is 4.11. The Hall–Kier alpha value is -3.41. The molecular formula is C19H16N2O4. The number of carbonyl (C=O) groups is 1. The third-order valence-corrected chi connectivity index (χ3v) is 3.82. The minimum atomic E-state index is -1.16. The molecule has 0 aliphatic carbocycles. The number of hydrogen-bond donors (Lipinski definition) is 2. The molecule has 6 heteroatoms. The lowest BCUT2D eigenvalue weighted by molar-refractivity contribution is 0.0690. The first-order valence-corrected chi connectivity index (χ1v) is 7.71. The molecule has 0 saturated carbocycles. The highest BCUT2D eigenvalue weighted by molar-refractivity contribution is 5.85. The fourth-order valence-corrected chi connectivity index (χ4v) is 2.60. The molecular weight excluding hydrogens is 320 g/mol. The first-order valence-electron chi connectivity index (χ1n) is 7.71. The van der Waals surface area contributed by atoms with Gasteiger partial charge in [0.25, 0.3) is 5.56 Å². The fraction of sp³-hybridized carbons (Fsp3) is 0.105. The molecule has 2 heterocycles. The van der Waals surface area contributed by atoms with Crippen molar-refractivity contribution < 1.29 is 9.90 Å². The number of aromatic nitrogens is 2. The molecule has 2 N–H and O–H groups in total. The normalized spacial score (nSPS) is 10.6. The molecule has 3 aromatic rings. The lowest BCUT2D eigenvalue weighted by Gasteiger charge is -2.07. The van der Waals surface area contributed by atoms with Gasteiger partial charge in [0.1, 0.15) is 5.69 Å². The van der Waals surface area contributed by atoms with Gasteiger partial charge >= 0.3 is 5.97 Å². The Morgan fingerprint density at radius 1 is 0.960 bits per heavy atom. The summed E-state index contributed by atoms with van der Waals surface area (Å²) in [6, 6.07) is 15.5. The van der Waals surface area contributed by atoms with E-state index in [1.807, 2.05) is 30.3 Å². The summed E-state index contributed by atoms with van der Waals surface area (Å²) in [4.78, 5) is 36.6. The van der Waals surface area contributed by atoms with Crippen molar-refractivity contribution in [2.45, 2.75) is 13.0 Å². The number of carboxylic acid groups (broad SMARTS) is 1. The van der Waals surface area contributed by atoms with Gasteiger partial charge in [-0.25, -0.2) is 4.79 Å². The van der Waals surface area contributed by atoms with Gasteiger partial charge in [-0.1, -0.05) is 30.3 Å². The molecule has 0 saturated heterocycles. The van der Waals surface area contributed by atoms with Crippen LogP contribution in [0.5, 0.6) is 0 Å². The van der Waals surface area contributed by atoms with Crippen molar-refractivity contribution in [3.05, 3.63) is 104 Å². The van der Waals surface area contributed by atoms with Gasteiger partial charge in [-0.3, -0.25) is 9.59 Å². The average molecular weight is 336 g/mol. The second kappa shape index (κ2) is 7.00. The summed E-state index contributed by atoms with van der Waals surface area (Å²) in [5.74, 6) is -1.16. The largest absolute Gasteiger partial charge is 0.477 e. The molecule has 25 heavy (non-hydrogen) atoms. The first kappa shape index (κ1) is 16.4. The number of H-pyrrole nitrogens is 1. The predicted octanol–water partition coefficient (Wildman–Crippen LogP) is 1.87. The van der Waals surface area contributed by atoms with Crippen LogP contribution in [0.1, 0.15) is 27.2 Å². The second-order valence-corrected chi connectivity index (χ2v) is 5.73. The van der Waals surface area contributed by atoms with Crippen molar-refractivity contribution in [1.82, 2.24) is 9.55 Å². The van der Waals surface area contributed by atoms with Gasteiger partial charge in [0.15, 0.2) is 0 Å². The molecule has 3 rings (SSSR count). The van der Waals surface area contributed by atoms with E-state index in [4.69, 9.17) is 5.11 Å². The van der Waals surface area contributed by atoms with E-state index in [0.717, 1.165) is 11.1 Å². The van der Waals surface area contributed by atoms with Crippen LogP contribution < -0.4 is 11.1 Å². The van der Waals surface area contributed by atoms with E-state index in [9.17, 15) is 14.4 Å². The molecule has 0 amide bonds.